The molecule has 1 aliphatic carbocycles. The number of methoxy groups -OCH3 is 1. The Bertz CT molecular complexity index is 2380. The minimum Gasteiger partial charge on any atom is -0.496 e. The van der Waals surface area contributed by atoms with Crippen LogP contribution in [0.4, 0.5) is 5.69 Å². The maximum Gasteiger partial charge on any atom is 0.303 e. The van der Waals surface area contributed by atoms with Gasteiger partial charge in [-0.1, -0.05) is 49.6 Å². The summed E-state index contributed by atoms with van der Waals surface area (Å²) in [6.45, 7) is 4.62. The number of ether oxygens (including phenoxy) is 2. The number of benzene rings is 2. The molecule has 3 amide bonds. The highest BCUT2D eigenvalue weighted by molar-refractivity contribution is 7.87. The van der Waals surface area contributed by atoms with Gasteiger partial charge >= 0.3 is 10.2 Å². The summed E-state index contributed by atoms with van der Waals surface area (Å²) in [7, 11) is -2.52. The Labute approximate surface area is 355 Å². The third-order valence-electron chi connectivity index (χ3n) is 12.1. The molecule has 16 heteroatoms. The van der Waals surface area contributed by atoms with Crippen LogP contribution in [0.15, 0.2) is 66.1 Å². The molecule has 60 heavy (non-hydrogen) atoms. The number of fused-ring (bicyclic) bond motifs is 3. The van der Waals surface area contributed by atoms with Crippen LogP contribution in [0.3, 0.4) is 0 Å². The normalized spacial score (nSPS) is 25.9. The van der Waals surface area contributed by atoms with Crippen LogP contribution in [0, 0.1) is 19.8 Å². The fourth-order valence-electron chi connectivity index (χ4n) is 8.74. The molecule has 5 heterocycles. The summed E-state index contributed by atoms with van der Waals surface area (Å²) < 4.78 is 43.0. The molecular weight excluding hydrogens is 803 g/mol. The number of carbonyl (C=O) groups excluding carboxylic acids is 3. The number of thiazole rings is 1. The highest BCUT2D eigenvalue weighted by Crippen LogP contribution is 2.46. The van der Waals surface area contributed by atoms with E-state index in [0.29, 0.717) is 55.1 Å². The second kappa shape index (κ2) is 17.5. The molecule has 2 saturated heterocycles. The summed E-state index contributed by atoms with van der Waals surface area (Å²) in [6, 6.07) is 13.5. The molecule has 2 aromatic heterocycles. The van der Waals surface area contributed by atoms with Gasteiger partial charge in [-0.3, -0.25) is 14.4 Å². The van der Waals surface area contributed by atoms with Gasteiger partial charge in [0.1, 0.15) is 45.9 Å². The zero-order valence-electron chi connectivity index (χ0n) is 34.3. The van der Waals surface area contributed by atoms with Gasteiger partial charge in [0.2, 0.25) is 11.8 Å². The minimum absolute atomic E-state index is 0.0976. The maximum atomic E-state index is 14.9. The van der Waals surface area contributed by atoms with Crippen molar-refractivity contribution in [2.45, 2.75) is 102 Å². The zero-order chi connectivity index (χ0) is 42.0. The quantitative estimate of drug-likeness (QED) is 0.168. The number of aryl methyl sites for hydroxylation is 2. The molecule has 8 rings (SSSR count). The molecule has 318 valence electrons. The second-order valence-electron chi connectivity index (χ2n) is 16.4. The van der Waals surface area contributed by atoms with E-state index in [1.165, 1.54) is 15.6 Å². The van der Waals surface area contributed by atoms with E-state index < -0.39 is 51.7 Å². The lowest BCUT2D eigenvalue weighted by Gasteiger charge is -2.30. The summed E-state index contributed by atoms with van der Waals surface area (Å²) >= 11 is 1.48. The van der Waals surface area contributed by atoms with Crippen molar-refractivity contribution in [3.05, 3.63) is 77.3 Å². The smallest absolute Gasteiger partial charge is 0.303 e. The molecule has 5 atom stereocenters. The summed E-state index contributed by atoms with van der Waals surface area (Å²) in [4.78, 5) is 55.0. The van der Waals surface area contributed by atoms with Crippen molar-refractivity contribution in [1.29, 1.82) is 0 Å². The summed E-state index contributed by atoms with van der Waals surface area (Å²) in [5.41, 5.74) is 2.30. The molecule has 1 saturated carbocycles. The lowest BCUT2D eigenvalue weighted by atomic mass is 10.0. The van der Waals surface area contributed by atoms with Crippen LogP contribution in [0.5, 0.6) is 11.5 Å². The Kier molecular flexibility index (Phi) is 12.2. The van der Waals surface area contributed by atoms with Gasteiger partial charge in [-0.15, -0.1) is 11.3 Å². The van der Waals surface area contributed by atoms with Gasteiger partial charge in [0.25, 0.3) is 5.91 Å². The van der Waals surface area contributed by atoms with E-state index in [9.17, 15) is 22.8 Å². The Morgan fingerprint density at radius 3 is 2.52 bits per heavy atom. The first-order valence-corrected chi connectivity index (χ1v) is 23.3. The minimum atomic E-state index is -4.13. The molecule has 3 aliphatic heterocycles. The molecule has 14 nitrogen and oxygen atoms in total. The number of allylic oxidation sites excluding steroid dienone is 1. The van der Waals surface area contributed by atoms with E-state index in [2.05, 4.69) is 20.3 Å². The zero-order valence-corrected chi connectivity index (χ0v) is 35.9. The third-order valence-corrected chi connectivity index (χ3v) is 14.6. The third kappa shape index (κ3) is 8.73. The molecule has 2 aromatic carbocycles. The Hall–Kier alpha value is -5.06. The number of anilines is 1. The number of para-hydroxylation sites is 1. The summed E-state index contributed by atoms with van der Waals surface area (Å²) in [6.07, 6.45) is 9.86. The number of aromatic nitrogens is 2. The summed E-state index contributed by atoms with van der Waals surface area (Å²) in [5.74, 6) is -0.774. The Balaban J connectivity index is 1.14. The van der Waals surface area contributed by atoms with Gasteiger partial charge in [0.05, 0.1) is 19.2 Å². The first kappa shape index (κ1) is 41.7. The standard InChI is InChI=1S/C44H53N7O7S2/c1-28-27-59-41(45-28)35-24-38(33-19-20-37(57-3)29(2)39(33)47-35)58-32-23-36-40(52)48-44(43(54)49-60(55,56)50-21-13-8-14-22-50)25-30(44)15-9-5-4-6-12-18-34(42(53)51(36)26-32)46-31-16-10-7-11-17-31/h7,9-11,15-17,19-20,24,27,30,32,34,36,46H,4-6,8,12-14,18,21-23,25-26H2,1-3H3,(H,48,52)(H,49,54)/b15-9-/t30-,32-,34+,36+,44-/m1/s1. The van der Waals surface area contributed by atoms with E-state index in [1.54, 1.807) is 12.0 Å². The van der Waals surface area contributed by atoms with E-state index in [1.807, 2.05) is 79.9 Å². The predicted molar refractivity (Wildman–Crippen MR) is 231 cm³/mol. The molecule has 0 spiro atoms. The molecule has 4 aliphatic rings. The fourth-order valence-corrected chi connectivity index (χ4v) is 10.8. The van der Waals surface area contributed by atoms with Crippen LogP contribution < -0.4 is 24.8 Å². The molecular formula is C44H53N7O7S2. The van der Waals surface area contributed by atoms with E-state index >= 15 is 0 Å². The number of nitrogens with one attached hydrogen (secondary N) is 3. The van der Waals surface area contributed by atoms with Crippen molar-refractivity contribution < 1.29 is 32.3 Å². The van der Waals surface area contributed by atoms with E-state index in [-0.39, 0.29) is 25.3 Å². The molecule has 4 aromatic rings. The Morgan fingerprint density at radius 1 is 0.983 bits per heavy atom. The van der Waals surface area contributed by atoms with Gasteiger partial charge in [0.15, 0.2) is 0 Å². The molecule has 0 radical (unpaired) electrons. The van der Waals surface area contributed by atoms with Crippen LogP contribution in [0.2, 0.25) is 0 Å². The second-order valence-corrected chi connectivity index (χ2v) is 18.9. The van der Waals surface area contributed by atoms with Gasteiger partial charge in [-0.2, -0.15) is 12.7 Å². The summed E-state index contributed by atoms with van der Waals surface area (Å²) in [5, 5.41) is 9.87. The van der Waals surface area contributed by atoms with Gasteiger partial charge in [0, 0.05) is 59.2 Å². The van der Waals surface area contributed by atoms with Crippen LogP contribution in [0.25, 0.3) is 21.6 Å². The van der Waals surface area contributed by atoms with Crippen molar-refractivity contribution >= 4 is 55.9 Å². The number of carbonyl (C=O) groups is 3. The molecule has 3 N–H and O–H groups in total. The Morgan fingerprint density at radius 2 is 1.77 bits per heavy atom. The van der Waals surface area contributed by atoms with Gasteiger partial charge < -0.3 is 25.0 Å². The highest BCUT2D eigenvalue weighted by atomic mass is 32.2. The maximum absolute atomic E-state index is 14.9. The number of piperidine rings is 1. The number of amides is 3. The van der Waals surface area contributed by atoms with Crippen molar-refractivity contribution in [1.82, 2.24) is 29.2 Å². The average Bonchev–Trinajstić information content (AvgIpc) is 3.51. The van der Waals surface area contributed by atoms with Crippen molar-refractivity contribution in [2.24, 2.45) is 5.92 Å². The van der Waals surface area contributed by atoms with Crippen LogP contribution in [0.1, 0.15) is 75.5 Å². The van der Waals surface area contributed by atoms with Gasteiger partial charge in [-0.25, -0.2) is 14.7 Å². The fraction of sp³-hybridized carbons (Fsp3) is 0.477. The number of hydrogen-bond acceptors (Lipinski definition) is 11. The van der Waals surface area contributed by atoms with Gasteiger partial charge in [-0.05, 0) is 76.6 Å². The molecule has 0 unspecified atom stereocenters. The van der Waals surface area contributed by atoms with E-state index in [4.69, 9.17) is 14.5 Å². The lowest BCUT2D eigenvalue weighted by molar-refractivity contribution is -0.140. The van der Waals surface area contributed by atoms with Crippen molar-refractivity contribution in [3.8, 4) is 22.2 Å². The van der Waals surface area contributed by atoms with Crippen molar-refractivity contribution in [2.75, 3.05) is 32.1 Å². The lowest BCUT2D eigenvalue weighted by Crippen LogP contribution is -2.58. The van der Waals surface area contributed by atoms with E-state index in [0.717, 1.165) is 59.4 Å². The molecule has 0 bridgehead atoms. The predicted octanol–water partition coefficient (Wildman–Crippen LogP) is 6.05. The molecule has 3 fully saturated rings. The number of rotatable bonds is 9. The van der Waals surface area contributed by atoms with Crippen LogP contribution in [-0.2, 0) is 24.6 Å². The van der Waals surface area contributed by atoms with Crippen molar-refractivity contribution in [3.63, 3.8) is 0 Å². The van der Waals surface area contributed by atoms with Crippen LogP contribution >= 0.6 is 11.3 Å². The largest absolute Gasteiger partial charge is 0.496 e. The first-order chi connectivity index (χ1) is 29.0. The topological polar surface area (TPSA) is 172 Å². The average molecular weight is 856 g/mol. The first-order valence-electron chi connectivity index (χ1n) is 21.0. The van der Waals surface area contributed by atoms with Crippen LogP contribution in [-0.4, -0.2) is 95.8 Å². The number of nitrogens with zero attached hydrogens (tertiary/aromatic N) is 4. The SMILES string of the molecule is COc1ccc2c(O[C@@H]3C[C@H]4C(=O)N[C@]5(C(=O)NS(=O)(=O)N6CCCCC6)C[C@H]5/C=C\CCCCC[C@H](Nc5ccccc5)C(=O)N4C3)cc(-c3nc(C)cs3)nc2c1C. The monoisotopic (exact) mass is 855 g/mol. The highest BCUT2D eigenvalue weighted by Gasteiger charge is 2.62. The number of pyridine rings is 1. The number of hydrogen-bond donors (Lipinski definition) is 3.